The Hall–Kier alpha value is -0.650. The molecule has 0 amide bonds. The third-order valence-electron chi connectivity index (χ3n) is 5.09. The highest BCUT2D eigenvalue weighted by atomic mass is 16.5. The number of esters is 1. The molecule has 2 aliphatic rings. The molecule has 5 nitrogen and oxygen atoms in total. The van der Waals surface area contributed by atoms with Crippen molar-refractivity contribution in [2.75, 3.05) is 46.4 Å². The second kappa shape index (κ2) is 7.07. The van der Waals surface area contributed by atoms with Crippen molar-refractivity contribution in [1.29, 1.82) is 0 Å². The average Bonchev–Trinajstić information content (AvgIpc) is 3.30. The van der Waals surface area contributed by atoms with E-state index in [1.54, 1.807) is 0 Å². The van der Waals surface area contributed by atoms with Crippen LogP contribution in [0.15, 0.2) is 0 Å². The molecule has 5 heteroatoms. The van der Waals surface area contributed by atoms with Gasteiger partial charge in [0.05, 0.1) is 6.61 Å². The number of likely N-dealkylation sites (N-methyl/N-ethyl adjacent to an activating group) is 2. The average molecular weight is 297 g/mol. The maximum Gasteiger partial charge on any atom is 0.327 e. The lowest BCUT2D eigenvalue weighted by Crippen LogP contribution is -2.63. The zero-order chi connectivity index (χ0) is 15.5. The molecule has 0 bridgehead atoms. The molecule has 1 saturated carbocycles. The van der Waals surface area contributed by atoms with Crippen LogP contribution in [0.5, 0.6) is 0 Å². The summed E-state index contributed by atoms with van der Waals surface area (Å²) < 4.78 is 5.37. The molecule has 1 N–H and O–H groups in total. The van der Waals surface area contributed by atoms with Crippen molar-refractivity contribution in [3.8, 4) is 0 Å². The molecule has 0 spiro atoms. The highest BCUT2D eigenvalue weighted by Gasteiger charge is 2.52. The van der Waals surface area contributed by atoms with Crippen molar-refractivity contribution in [2.24, 2.45) is 5.92 Å². The van der Waals surface area contributed by atoms with E-state index in [-0.39, 0.29) is 5.97 Å². The molecule has 1 aliphatic heterocycles. The normalized spacial score (nSPS) is 27.3. The first-order valence-corrected chi connectivity index (χ1v) is 8.39. The molecule has 0 aromatic heterocycles. The molecule has 1 aliphatic carbocycles. The van der Waals surface area contributed by atoms with Crippen LogP contribution in [0, 0.1) is 5.92 Å². The summed E-state index contributed by atoms with van der Waals surface area (Å²) in [5, 5.41) is 3.32. The fourth-order valence-electron chi connectivity index (χ4n) is 3.62. The van der Waals surface area contributed by atoms with Gasteiger partial charge in [0.15, 0.2) is 0 Å². The minimum atomic E-state index is -0.510. The molecule has 2 unspecified atom stereocenters. The minimum absolute atomic E-state index is 0.0689. The zero-order valence-electron chi connectivity index (χ0n) is 14.0. The second-order valence-corrected chi connectivity index (χ2v) is 6.43. The topological polar surface area (TPSA) is 44.8 Å². The van der Waals surface area contributed by atoms with Gasteiger partial charge in [-0.05, 0) is 46.2 Å². The summed E-state index contributed by atoms with van der Waals surface area (Å²) in [6, 6.07) is 0.555. The van der Waals surface area contributed by atoms with Gasteiger partial charge in [-0.2, -0.15) is 0 Å². The molecule has 2 atom stereocenters. The fourth-order valence-corrected chi connectivity index (χ4v) is 3.62. The summed E-state index contributed by atoms with van der Waals surface area (Å²) in [6.45, 7) is 11.9. The Morgan fingerprint density at radius 2 is 2.05 bits per heavy atom. The minimum Gasteiger partial charge on any atom is -0.465 e. The van der Waals surface area contributed by atoms with Crippen molar-refractivity contribution < 1.29 is 9.53 Å². The Balaban J connectivity index is 2.04. The lowest BCUT2D eigenvalue weighted by molar-refractivity contribution is -0.153. The first-order chi connectivity index (χ1) is 10.1. The maximum atomic E-state index is 12.5. The Kier molecular flexibility index (Phi) is 5.63. The van der Waals surface area contributed by atoms with Crippen molar-refractivity contribution >= 4 is 5.97 Å². The van der Waals surface area contributed by atoms with E-state index in [1.807, 2.05) is 14.0 Å². The maximum absolute atomic E-state index is 12.5. The van der Waals surface area contributed by atoms with Crippen molar-refractivity contribution in [3.63, 3.8) is 0 Å². The summed E-state index contributed by atoms with van der Waals surface area (Å²) in [7, 11) is 1.90. The predicted octanol–water partition coefficient (Wildman–Crippen LogP) is 0.944. The lowest BCUT2D eigenvalue weighted by Gasteiger charge is -2.43. The van der Waals surface area contributed by atoms with Crippen LogP contribution >= 0.6 is 0 Å². The summed E-state index contributed by atoms with van der Waals surface area (Å²) >= 11 is 0. The highest BCUT2D eigenvalue weighted by molar-refractivity contribution is 5.82. The molecule has 2 rings (SSSR count). The predicted molar refractivity (Wildman–Crippen MR) is 84.3 cm³/mol. The van der Waals surface area contributed by atoms with Crippen molar-refractivity contribution in [1.82, 2.24) is 15.1 Å². The van der Waals surface area contributed by atoms with Gasteiger partial charge in [0.2, 0.25) is 0 Å². The molecule has 1 saturated heterocycles. The van der Waals surface area contributed by atoms with Crippen LogP contribution in [0.3, 0.4) is 0 Å². The number of hydrogen-bond donors (Lipinski definition) is 1. The smallest absolute Gasteiger partial charge is 0.327 e. The number of piperazine rings is 1. The molecule has 122 valence electrons. The first-order valence-electron chi connectivity index (χ1n) is 8.39. The molecule has 2 fully saturated rings. The zero-order valence-corrected chi connectivity index (χ0v) is 14.0. The van der Waals surface area contributed by atoms with Gasteiger partial charge in [-0.15, -0.1) is 0 Å². The van der Waals surface area contributed by atoms with Crippen LogP contribution in [-0.2, 0) is 9.53 Å². The standard InChI is InChI=1S/C16H31N3O2/c1-5-19-10-9-18(11-13(19)3)12-16(17-4,14-7-8-14)15(20)21-6-2/h13-14,17H,5-12H2,1-4H3. The molecule has 1 heterocycles. The first kappa shape index (κ1) is 16.7. The van der Waals surface area contributed by atoms with E-state index in [9.17, 15) is 4.79 Å². The summed E-state index contributed by atoms with van der Waals surface area (Å²) in [5.41, 5.74) is -0.510. The van der Waals surface area contributed by atoms with Gasteiger partial charge in [0.25, 0.3) is 0 Å². The van der Waals surface area contributed by atoms with Crippen LogP contribution in [-0.4, -0.2) is 73.7 Å². The quantitative estimate of drug-likeness (QED) is 0.709. The van der Waals surface area contributed by atoms with Crippen molar-refractivity contribution in [2.45, 2.75) is 45.2 Å². The highest BCUT2D eigenvalue weighted by Crippen LogP contribution is 2.41. The third-order valence-corrected chi connectivity index (χ3v) is 5.09. The largest absolute Gasteiger partial charge is 0.465 e. The van der Waals surface area contributed by atoms with Gasteiger partial charge < -0.3 is 10.1 Å². The number of ether oxygens (including phenoxy) is 1. The number of carbonyl (C=O) groups is 1. The van der Waals surface area contributed by atoms with Gasteiger partial charge in [-0.25, -0.2) is 4.79 Å². The summed E-state index contributed by atoms with van der Waals surface area (Å²) in [4.78, 5) is 17.5. The second-order valence-electron chi connectivity index (χ2n) is 6.43. The van der Waals surface area contributed by atoms with E-state index in [0.29, 0.717) is 18.6 Å². The van der Waals surface area contributed by atoms with Gasteiger partial charge in [-0.3, -0.25) is 9.80 Å². The van der Waals surface area contributed by atoms with E-state index in [0.717, 1.165) is 45.6 Å². The van der Waals surface area contributed by atoms with E-state index < -0.39 is 5.54 Å². The van der Waals surface area contributed by atoms with Gasteiger partial charge in [-0.1, -0.05) is 6.92 Å². The number of hydrogen-bond acceptors (Lipinski definition) is 5. The van der Waals surface area contributed by atoms with Crippen LogP contribution in [0.2, 0.25) is 0 Å². The van der Waals surface area contributed by atoms with Gasteiger partial charge in [0, 0.05) is 32.2 Å². The molecular formula is C16H31N3O2. The Labute approximate surface area is 129 Å². The molecular weight excluding hydrogens is 266 g/mol. The number of rotatable bonds is 7. The molecule has 0 radical (unpaired) electrons. The summed E-state index contributed by atoms with van der Waals surface area (Å²) in [6.07, 6.45) is 2.26. The molecule has 21 heavy (non-hydrogen) atoms. The van der Waals surface area contributed by atoms with Crippen molar-refractivity contribution in [3.05, 3.63) is 0 Å². The van der Waals surface area contributed by atoms with E-state index in [4.69, 9.17) is 4.74 Å². The van der Waals surface area contributed by atoms with Crippen LogP contribution in [0.4, 0.5) is 0 Å². The van der Waals surface area contributed by atoms with E-state index in [1.165, 1.54) is 0 Å². The molecule has 0 aromatic carbocycles. The fraction of sp³-hybridized carbons (Fsp3) is 0.938. The third kappa shape index (κ3) is 3.58. The Bertz CT molecular complexity index is 359. The number of nitrogens with one attached hydrogen (secondary N) is 1. The van der Waals surface area contributed by atoms with Gasteiger partial charge >= 0.3 is 5.97 Å². The Morgan fingerprint density at radius 3 is 2.52 bits per heavy atom. The van der Waals surface area contributed by atoms with E-state index >= 15 is 0 Å². The van der Waals surface area contributed by atoms with Gasteiger partial charge in [0.1, 0.15) is 5.54 Å². The Morgan fingerprint density at radius 1 is 1.33 bits per heavy atom. The monoisotopic (exact) mass is 297 g/mol. The summed E-state index contributed by atoms with van der Waals surface area (Å²) in [5.74, 6) is 0.363. The number of carbonyl (C=O) groups excluding carboxylic acids is 1. The van der Waals surface area contributed by atoms with Crippen LogP contribution < -0.4 is 5.32 Å². The molecule has 0 aromatic rings. The van der Waals surface area contributed by atoms with E-state index in [2.05, 4.69) is 29.0 Å². The lowest BCUT2D eigenvalue weighted by atomic mass is 9.91. The SMILES string of the molecule is CCOC(=O)C(CN1CCN(CC)C(C)C1)(NC)C1CC1. The van der Waals surface area contributed by atoms with Crippen LogP contribution in [0.1, 0.15) is 33.6 Å². The number of nitrogens with zero attached hydrogens (tertiary/aromatic N) is 2. The van der Waals surface area contributed by atoms with Crippen LogP contribution in [0.25, 0.3) is 0 Å².